The van der Waals surface area contributed by atoms with E-state index in [9.17, 15) is 0 Å². The summed E-state index contributed by atoms with van der Waals surface area (Å²) >= 11 is 6.04. The van der Waals surface area contributed by atoms with E-state index in [1.165, 1.54) is 0 Å². The lowest BCUT2D eigenvalue weighted by atomic mass is 10.1. The number of pyridine rings is 1. The van der Waals surface area contributed by atoms with Gasteiger partial charge in [0.2, 0.25) is 0 Å². The van der Waals surface area contributed by atoms with Crippen LogP contribution in [-0.4, -0.2) is 28.2 Å². The van der Waals surface area contributed by atoms with Gasteiger partial charge in [-0.15, -0.1) is 0 Å². The van der Waals surface area contributed by atoms with E-state index in [2.05, 4.69) is 4.98 Å². The lowest BCUT2D eigenvalue weighted by molar-refractivity contribution is 0.415. The Balaban J connectivity index is 2.32. The number of fused-ring (bicyclic) bond motifs is 1. The number of methoxy groups -OCH3 is 1. The largest absolute Gasteiger partial charge is 0.496 e. The molecule has 2 aromatic heterocycles. The Morgan fingerprint density at radius 3 is 2.86 bits per heavy atom. The Hall–Kier alpha value is -2.11. The molecule has 1 atom stereocenters. The van der Waals surface area contributed by atoms with Gasteiger partial charge in [-0.2, -0.15) is 0 Å². The number of rotatable bonds is 4. The number of nitrogens with zero attached hydrogens (tertiary/aromatic N) is 3. The summed E-state index contributed by atoms with van der Waals surface area (Å²) in [6.45, 7) is 2.52. The highest BCUT2D eigenvalue weighted by Crippen LogP contribution is 2.33. The highest BCUT2D eigenvalue weighted by molar-refractivity contribution is 6.31. The molecule has 22 heavy (non-hydrogen) atoms. The van der Waals surface area contributed by atoms with Crippen LogP contribution in [0.3, 0.4) is 0 Å². The SMILES string of the molecule is COc1ccccc1-c1nc2cc(Cl)cnc2n1C(C)CN. The molecule has 3 aromatic rings. The van der Waals surface area contributed by atoms with Crippen LogP contribution in [0.4, 0.5) is 0 Å². The number of para-hydroxylation sites is 1. The van der Waals surface area contributed by atoms with Crippen molar-refractivity contribution in [2.45, 2.75) is 13.0 Å². The second kappa shape index (κ2) is 5.94. The van der Waals surface area contributed by atoms with Gasteiger partial charge in [0.15, 0.2) is 5.65 Å². The average Bonchev–Trinajstić information content (AvgIpc) is 2.92. The number of benzene rings is 1. The molecule has 2 heterocycles. The molecule has 114 valence electrons. The van der Waals surface area contributed by atoms with Crippen LogP contribution in [0.1, 0.15) is 13.0 Å². The third-order valence-electron chi connectivity index (χ3n) is 3.63. The third-order valence-corrected chi connectivity index (χ3v) is 3.83. The van der Waals surface area contributed by atoms with E-state index < -0.39 is 0 Å². The molecule has 0 spiro atoms. The molecule has 5 nitrogen and oxygen atoms in total. The number of halogens is 1. The van der Waals surface area contributed by atoms with Crippen molar-refractivity contribution in [2.24, 2.45) is 5.73 Å². The molecular weight excluding hydrogens is 300 g/mol. The molecule has 0 bridgehead atoms. The maximum absolute atomic E-state index is 6.04. The number of hydrogen-bond donors (Lipinski definition) is 1. The Morgan fingerprint density at radius 1 is 1.36 bits per heavy atom. The normalized spacial score (nSPS) is 12.5. The maximum atomic E-state index is 6.04. The summed E-state index contributed by atoms with van der Waals surface area (Å²) in [6.07, 6.45) is 1.62. The van der Waals surface area contributed by atoms with Gasteiger partial charge in [-0.05, 0) is 25.1 Å². The lowest BCUT2D eigenvalue weighted by Gasteiger charge is -2.16. The number of imidazole rings is 1. The number of hydrogen-bond acceptors (Lipinski definition) is 4. The first-order chi connectivity index (χ1) is 10.7. The third kappa shape index (κ3) is 2.42. The van der Waals surface area contributed by atoms with Crippen molar-refractivity contribution in [2.75, 3.05) is 13.7 Å². The summed E-state index contributed by atoms with van der Waals surface area (Å²) in [5.74, 6) is 1.54. The first-order valence-corrected chi connectivity index (χ1v) is 7.40. The maximum Gasteiger partial charge on any atom is 0.160 e. The van der Waals surface area contributed by atoms with E-state index in [1.54, 1.807) is 13.3 Å². The van der Waals surface area contributed by atoms with E-state index in [-0.39, 0.29) is 6.04 Å². The van der Waals surface area contributed by atoms with Gasteiger partial charge >= 0.3 is 0 Å². The van der Waals surface area contributed by atoms with Gasteiger partial charge in [0.25, 0.3) is 0 Å². The molecule has 0 aliphatic carbocycles. The van der Waals surface area contributed by atoms with Gasteiger partial charge in [-0.3, -0.25) is 0 Å². The molecule has 0 amide bonds. The Bertz CT molecular complexity index is 815. The van der Waals surface area contributed by atoms with E-state index in [0.29, 0.717) is 11.6 Å². The van der Waals surface area contributed by atoms with Crippen molar-refractivity contribution in [3.63, 3.8) is 0 Å². The standard InChI is InChI=1S/C16H17ClN4O/c1-10(8-18)21-15(12-5-3-4-6-14(12)22-2)20-13-7-11(17)9-19-16(13)21/h3-7,9-10H,8,18H2,1-2H3. The van der Waals surface area contributed by atoms with Gasteiger partial charge < -0.3 is 15.0 Å². The van der Waals surface area contributed by atoms with E-state index in [1.807, 2.05) is 41.8 Å². The summed E-state index contributed by atoms with van der Waals surface area (Å²) in [5, 5.41) is 0.559. The van der Waals surface area contributed by atoms with Crippen LogP contribution in [0, 0.1) is 0 Å². The van der Waals surface area contributed by atoms with Gasteiger partial charge in [0.05, 0.1) is 17.7 Å². The van der Waals surface area contributed by atoms with Crippen molar-refractivity contribution < 1.29 is 4.74 Å². The monoisotopic (exact) mass is 316 g/mol. The van der Waals surface area contributed by atoms with E-state index in [0.717, 1.165) is 28.3 Å². The zero-order chi connectivity index (χ0) is 15.7. The number of ether oxygens (including phenoxy) is 1. The first-order valence-electron chi connectivity index (χ1n) is 7.02. The Morgan fingerprint density at radius 2 is 2.14 bits per heavy atom. The van der Waals surface area contributed by atoms with Crippen LogP contribution in [-0.2, 0) is 0 Å². The van der Waals surface area contributed by atoms with Crippen molar-refractivity contribution in [1.29, 1.82) is 0 Å². The van der Waals surface area contributed by atoms with E-state index in [4.69, 9.17) is 27.1 Å². The van der Waals surface area contributed by atoms with Crippen molar-refractivity contribution >= 4 is 22.8 Å². The summed E-state index contributed by atoms with van der Waals surface area (Å²) in [7, 11) is 1.65. The van der Waals surface area contributed by atoms with Gasteiger partial charge in [0.1, 0.15) is 17.1 Å². The number of nitrogens with two attached hydrogens (primary N) is 1. The zero-order valence-electron chi connectivity index (χ0n) is 12.5. The van der Waals surface area contributed by atoms with Crippen molar-refractivity contribution in [1.82, 2.24) is 14.5 Å². The Kier molecular flexibility index (Phi) is 4.00. The predicted octanol–water partition coefficient (Wildman–Crippen LogP) is 3.28. The van der Waals surface area contributed by atoms with E-state index >= 15 is 0 Å². The smallest absolute Gasteiger partial charge is 0.160 e. The fraction of sp³-hybridized carbons (Fsp3) is 0.250. The minimum Gasteiger partial charge on any atom is -0.496 e. The van der Waals surface area contributed by atoms with Crippen LogP contribution in [0.5, 0.6) is 5.75 Å². The molecule has 2 N–H and O–H groups in total. The molecular formula is C16H17ClN4O. The van der Waals surface area contributed by atoms with Crippen LogP contribution in [0.2, 0.25) is 5.02 Å². The van der Waals surface area contributed by atoms with Crippen molar-refractivity contribution in [3.8, 4) is 17.1 Å². The van der Waals surface area contributed by atoms with Crippen LogP contribution < -0.4 is 10.5 Å². The van der Waals surface area contributed by atoms with Crippen LogP contribution in [0.15, 0.2) is 36.5 Å². The Labute approximate surface area is 133 Å². The average molecular weight is 317 g/mol. The molecule has 6 heteroatoms. The molecule has 3 rings (SSSR count). The van der Waals surface area contributed by atoms with Crippen LogP contribution >= 0.6 is 11.6 Å². The van der Waals surface area contributed by atoms with Gasteiger partial charge in [-0.1, -0.05) is 23.7 Å². The quantitative estimate of drug-likeness (QED) is 0.802. The second-order valence-corrected chi connectivity index (χ2v) is 5.52. The lowest BCUT2D eigenvalue weighted by Crippen LogP contribution is -2.17. The van der Waals surface area contributed by atoms with Gasteiger partial charge in [0, 0.05) is 18.8 Å². The molecule has 0 radical (unpaired) electrons. The highest BCUT2D eigenvalue weighted by atomic mass is 35.5. The first kappa shape index (κ1) is 14.8. The fourth-order valence-electron chi connectivity index (χ4n) is 2.50. The molecule has 1 aromatic carbocycles. The molecule has 0 fully saturated rings. The molecule has 1 unspecified atom stereocenters. The summed E-state index contributed by atoms with van der Waals surface area (Å²) in [5.41, 5.74) is 8.28. The minimum absolute atomic E-state index is 0.0542. The van der Waals surface area contributed by atoms with Gasteiger partial charge in [-0.25, -0.2) is 9.97 Å². The summed E-state index contributed by atoms with van der Waals surface area (Å²) < 4.78 is 7.49. The topological polar surface area (TPSA) is 66.0 Å². The summed E-state index contributed by atoms with van der Waals surface area (Å²) in [6, 6.07) is 9.63. The van der Waals surface area contributed by atoms with Crippen LogP contribution in [0.25, 0.3) is 22.6 Å². The fourth-order valence-corrected chi connectivity index (χ4v) is 2.65. The summed E-state index contributed by atoms with van der Waals surface area (Å²) in [4.78, 5) is 9.13. The predicted molar refractivity (Wildman–Crippen MR) is 88.3 cm³/mol. The molecule has 0 saturated carbocycles. The second-order valence-electron chi connectivity index (χ2n) is 5.09. The molecule has 0 aliphatic rings. The number of aromatic nitrogens is 3. The highest BCUT2D eigenvalue weighted by Gasteiger charge is 2.20. The molecule has 0 aliphatic heterocycles. The minimum atomic E-state index is 0.0542. The molecule has 0 saturated heterocycles. The van der Waals surface area contributed by atoms with Crippen molar-refractivity contribution in [3.05, 3.63) is 41.6 Å². The zero-order valence-corrected chi connectivity index (χ0v) is 13.2.